The van der Waals surface area contributed by atoms with Crippen LogP contribution in [0.25, 0.3) is 0 Å². The lowest BCUT2D eigenvalue weighted by atomic mass is 9.88. The average Bonchev–Trinajstić information content (AvgIpc) is 2.19. The van der Waals surface area contributed by atoms with Crippen LogP contribution in [-0.2, 0) is 4.79 Å². The third-order valence-electron chi connectivity index (χ3n) is 3.19. The van der Waals surface area contributed by atoms with Crippen LogP contribution in [0, 0.1) is 11.8 Å². The van der Waals surface area contributed by atoms with E-state index in [9.17, 15) is 9.90 Å². The molecular formula is C11H20O2. The zero-order valence-electron chi connectivity index (χ0n) is 8.41. The van der Waals surface area contributed by atoms with Crippen LogP contribution in [0.15, 0.2) is 0 Å². The molecule has 1 saturated carbocycles. The van der Waals surface area contributed by atoms with Gasteiger partial charge in [0.05, 0.1) is 6.10 Å². The van der Waals surface area contributed by atoms with E-state index in [1.165, 1.54) is 0 Å². The highest BCUT2D eigenvalue weighted by Gasteiger charge is 2.19. The highest BCUT2D eigenvalue weighted by Crippen LogP contribution is 2.25. The van der Waals surface area contributed by atoms with Crippen molar-refractivity contribution in [2.45, 2.75) is 51.6 Å². The van der Waals surface area contributed by atoms with Crippen molar-refractivity contribution in [3.8, 4) is 0 Å². The van der Waals surface area contributed by atoms with Gasteiger partial charge in [-0.1, -0.05) is 26.2 Å². The zero-order chi connectivity index (χ0) is 9.68. The number of carbonyl (C=O) groups excluding carboxylic acids is 1. The molecule has 0 heterocycles. The maximum Gasteiger partial charge on any atom is 0.123 e. The summed E-state index contributed by atoms with van der Waals surface area (Å²) in [6.45, 7) is 2.15. The summed E-state index contributed by atoms with van der Waals surface area (Å²) < 4.78 is 0. The molecule has 0 amide bonds. The normalized spacial score (nSPS) is 37.2. The number of hydrogen-bond acceptors (Lipinski definition) is 2. The SMILES string of the molecule is CC1CCCCC(O)CCC1C=O. The Bertz CT molecular complexity index is 156. The molecule has 1 N–H and O–H groups in total. The van der Waals surface area contributed by atoms with E-state index in [1.54, 1.807) is 0 Å². The first kappa shape index (κ1) is 10.7. The molecule has 1 aliphatic rings. The third-order valence-corrected chi connectivity index (χ3v) is 3.19. The first-order chi connectivity index (χ1) is 6.24. The average molecular weight is 184 g/mol. The predicted molar refractivity (Wildman–Crippen MR) is 52.4 cm³/mol. The molecule has 0 spiro atoms. The molecule has 3 unspecified atom stereocenters. The quantitative estimate of drug-likeness (QED) is 0.634. The van der Waals surface area contributed by atoms with E-state index >= 15 is 0 Å². The Hall–Kier alpha value is -0.370. The molecule has 0 aromatic carbocycles. The standard InChI is InChI=1S/C11H20O2/c1-9-4-2-3-5-11(13)7-6-10(9)8-12/h8-11,13H,2-7H2,1H3. The fourth-order valence-electron chi connectivity index (χ4n) is 2.08. The minimum Gasteiger partial charge on any atom is -0.393 e. The Kier molecular flexibility index (Phi) is 4.43. The van der Waals surface area contributed by atoms with E-state index in [0.717, 1.165) is 44.8 Å². The summed E-state index contributed by atoms with van der Waals surface area (Å²) in [5, 5.41) is 9.52. The second kappa shape index (κ2) is 5.38. The van der Waals surface area contributed by atoms with Crippen LogP contribution in [0.2, 0.25) is 0 Å². The lowest BCUT2D eigenvalue weighted by Gasteiger charge is -2.17. The molecular weight excluding hydrogens is 164 g/mol. The summed E-state index contributed by atoms with van der Waals surface area (Å²) >= 11 is 0. The third kappa shape index (κ3) is 3.47. The molecule has 0 saturated heterocycles. The number of aliphatic hydroxyl groups excluding tert-OH is 1. The van der Waals surface area contributed by atoms with Crippen LogP contribution in [0.4, 0.5) is 0 Å². The molecule has 1 aliphatic carbocycles. The summed E-state index contributed by atoms with van der Waals surface area (Å²) in [6, 6.07) is 0. The molecule has 1 fully saturated rings. The fourth-order valence-corrected chi connectivity index (χ4v) is 2.08. The van der Waals surface area contributed by atoms with Gasteiger partial charge in [0.2, 0.25) is 0 Å². The molecule has 0 aromatic rings. The Morgan fingerprint density at radius 1 is 1.15 bits per heavy atom. The molecule has 0 aromatic heterocycles. The van der Waals surface area contributed by atoms with Crippen LogP contribution >= 0.6 is 0 Å². The zero-order valence-corrected chi connectivity index (χ0v) is 8.41. The summed E-state index contributed by atoms with van der Waals surface area (Å²) in [7, 11) is 0. The van der Waals surface area contributed by atoms with Crippen LogP contribution in [-0.4, -0.2) is 17.5 Å². The predicted octanol–water partition coefficient (Wildman–Crippen LogP) is 2.15. The fraction of sp³-hybridized carbons (Fsp3) is 0.909. The first-order valence-corrected chi connectivity index (χ1v) is 5.37. The van der Waals surface area contributed by atoms with Crippen molar-refractivity contribution in [1.82, 2.24) is 0 Å². The number of hydrogen-bond donors (Lipinski definition) is 1. The molecule has 3 atom stereocenters. The van der Waals surface area contributed by atoms with Crippen LogP contribution in [0.1, 0.15) is 45.4 Å². The number of rotatable bonds is 1. The van der Waals surface area contributed by atoms with E-state index < -0.39 is 0 Å². The minimum absolute atomic E-state index is 0.173. The maximum absolute atomic E-state index is 10.8. The lowest BCUT2D eigenvalue weighted by Crippen LogP contribution is -2.14. The molecule has 0 radical (unpaired) electrons. The van der Waals surface area contributed by atoms with Gasteiger partial charge in [0.15, 0.2) is 0 Å². The molecule has 2 heteroatoms. The van der Waals surface area contributed by atoms with Crippen LogP contribution in [0.5, 0.6) is 0 Å². The minimum atomic E-state index is -0.173. The summed E-state index contributed by atoms with van der Waals surface area (Å²) in [5.74, 6) is 0.676. The van der Waals surface area contributed by atoms with E-state index in [4.69, 9.17) is 0 Å². The second-order valence-electron chi connectivity index (χ2n) is 4.29. The van der Waals surface area contributed by atoms with Crippen LogP contribution < -0.4 is 0 Å². The number of aliphatic hydroxyl groups is 1. The Labute approximate surface area is 80.3 Å². The number of carbonyl (C=O) groups is 1. The van der Waals surface area contributed by atoms with Gasteiger partial charge in [0.25, 0.3) is 0 Å². The van der Waals surface area contributed by atoms with Crippen molar-refractivity contribution in [3.05, 3.63) is 0 Å². The largest absolute Gasteiger partial charge is 0.393 e. The van der Waals surface area contributed by atoms with Crippen molar-refractivity contribution in [3.63, 3.8) is 0 Å². The lowest BCUT2D eigenvalue weighted by molar-refractivity contribution is -0.112. The summed E-state index contributed by atoms with van der Waals surface area (Å²) in [6.07, 6.45) is 6.88. The van der Waals surface area contributed by atoms with Gasteiger partial charge in [-0.15, -0.1) is 0 Å². The highest BCUT2D eigenvalue weighted by molar-refractivity contribution is 5.53. The van der Waals surface area contributed by atoms with Gasteiger partial charge in [0.1, 0.15) is 6.29 Å². The van der Waals surface area contributed by atoms with Gasteiger partial charge in [-0.25, -0.2) is 0 Å². The smallest absolute Gasteiger partial charge is 0.123 e. The molecule has 76 valence electrons. The van der Waals surface area contributed by atoms with Crippen molar-refractivity contribution in [2.75, 3.05) is 0 Å². The summed E-state index contributed by atoms with van der Waals surface area (Å²) in [5.41, 5.74) is 0. The monoisotopic (exact) mass is 184 g/mol. The second-order valence-corrected chi connectivity index (χ2v) is 4.29. The van der Waals surface area contributed by atoms with Crippen molar-refractivity contribution < 1.29 is 9.90 Å². The van der Waals surface area contributed by atoms with E-state index in [0.29, 0.717) is 5.92 Å². The van der Waals surface area contributed by atoms with Gasteiger partial charge in [-0.2, -0.15) is 0 Å². The maximum atomic E-state index is 10.8. The molecule has 2 nitrogen and oxygen atoms in total. The van der Waals surface area contributed by atoms with Gasteiger partial charge >= 0.3 is 0 Å². The van der Waals surface area contributed by atoms with Gasteiger partial charge in [0, 0.05) is 5.92 Å². The van der Waals surface area contributed by atoms with Gasteiger partial charge < -0.3 is 9.90 Å². The van der Waals surface area contributed by atoms with E-state index in [-0.39, 0.29) is 12.0 Å². The van der Waals surface area contributed by atoms with Gasteiger partial charge in [-0.05, 0) is 25.2 Å². The molecule has 13 heavy (non-hydrogen) atoms. The molecule has 1 rings (SSSR count). The van der Waals surface area contributed by atoms with E-state index in [2.05, 4.69) is 6.92 Å². The highest BCUT2D eigenvalue weighted by atomic mass is 16.3. The van der Waals surface area contributed by atoms with Gasteiger partial charge in [-0.3, -0.25) is 0 Å². The Morgan fingerprint density at radius 3 is 2.54 bits per heavy atom. The topological polar surface area (TPSA) is 37.3 Å². The van der Waals surface area contributed by atoms with Crippen LogP contribution in [0.3, 0.4) is 0 Å². The summed E-state index contributed by atoms with van der Waals surface area (Å²) in [4.78, 5) is 10.8. The van der Waals surface area contributed by atoms with E-state index in [1.807, 2.05) is 0 Å². The Balaban J connectivity index is 2.47. The van der Waals surface area contributed by atoms with Crippen molar-refractivity contribution in [1.29, 1.82) is 0 Å². The Morgan fingerprint density at radius 2 is 1.85 bits per heavy atom. The van der Waals surface area contributed by atoms with Crippen molar-refractivity contribution in [2.24, 2.45) is 11.8 Å². The first-order valence-electron chi connectivity index (χ1n) is 5.37. The van der Waals surface area contributed by atoms with Crippen molar-refractivity contribution >= 4 is 6.29 Å². The molecule has 0 aliphatic heterocycles. The molecule has 0 bridgehead atoms. The number of aldehydes is 1.